The van der Waals surface area contributed by atoms with Crippen LogP contribution in [0.1, 0.15) is 6.42 Å². The monoisotopic (exact) mass is 272 g/mol. The van der Waals surface area contributed by atoms with E-state index in [9.17, 15) is 5.11 Å². The summed E-state index contributed by atoms with van der Waals surface area (Å²) in [6.07, 6.45) is 0.803. The molecule has 1 aliphatic heterocycles. The fraction of sp³-hybridized carbons (Fsp3) is 0.500. The van der Waals surface area contributed by atoms with Crippen LogP contribution in [-0.2, 0) is 4.74 Å². The van der Waals surface area contributed by atoms with Crippen LogP contribution in [0.2, 0.25) is 0 Å². The Morgan fingerprint density at radius 2 is 2.47 bits per heavy atom. The number of hydrogen-bond donors (Lipinski definition) is 2. The highest BCUT2D eigenvalue weighted by Crippen LogP contribution is 2.23. The summed E-state index contributed by atoms with van der Waals surface area (Å²) in [5, 5.41) is 12.6. The number of hydrogen-bond acceptors (Lipinski definition) is 4. The molecule has 0 aliphatic carbocycles. The number of ether oxygens (including phenoxy) is 1. The number of pyridine rings is 1. The van der Waals surface area contributed by atoms with Gasteiger partial charge in [0.15, 0.2) is 0 Å². The van der Waals surface area contributed by atoms with E-state index in [0.29, 0.717) is 13.2 Å². The van der Waals surface area contributed by atoms with Crippen LogP contribution in [0.15, 0.2) is 22.8 Å². The Hall–Kier alpha value is -0.650. The van der Waals surface area contributed by atoms with E-state index >= 15 is 0 Å². The summed E-state index contributed by atoms with van der Waals surface area (Å²) in [5.41, 5.74) is -0.367. The van der Waals surface area contributed by atoms with Gasteiger partial charge in [0.25, 0.3) is 0 Å². The summed E-state index contributed by atoms with van der Waals surface area (Å²) < 4.78 is 6.07. The number of aromatic nitrogens is 1. The minimum atomic E-state index is -0.367. The molecule has 1 aliphatic rings. The predicted molar refractivity (Wildman–Crippen MR) is 60.8 cm³/mol. The van der Waals surface area contributed by atoms with Crippen molar-refractivity contribution in [1.82, 2.24) is 4.98 Å². The lowest BCUT2D eigenvalue weighted by Gasteiger charge is -2.26. The Balaban J connectivity index is 2.12. The second-order valence-electron chi connectivity index (χ2n) is 3.71. The van der Waals surface area contributed by atoms with Crippen LogP contribution < -0.4 is 5.32 Å². The van der Waals surface area contributed by atoms with E-state index in [4.69, 9.17) is 4.74 Å². The van der Waals surface area contributed by atoms with Crippen molar-refractivity contribution >= 4 is 21.7 Å². The van der Waals surface area contributed by atoms with Gasteiger partial charge >= 0.3 is 0 Å². The van der Waals surface area contributed by atoms with Crippen molar-refractivity contribution in [3.05, 3.63) is 22.8 Å². The fourth-order valence-corrected chi connectivity index (χ4v) is 1.96. The number of aliphatic hydroxyl groups excluding tert-OH is 1. The average molecular weight is 273 g/mol. The first kappa shape index (κ1) is 10.9. The molecule has 2 heterocycles. The third kappa shape index (κ3) is 2.48. The Kier molecular flexibility index (Phi) is 3.23. The molecule has 0 radical (unpaired) electrons. The lowest BCUT2D eigenvalue weighted by atomic mass is 10.0. The second-order valence-corrected chi connectivity index (χ2v) is 4.52. The van der Waals surface area contributed by atoms with Crippen molar-refractivity contribution in [2.75, 3.05) is 25.1 Å². The highest BCUT2D eigenvalue weighted by atomic mass is 79.9. The first-order valence-corrected chi connectivity index (χ1v) is 5.63. The number of halogens is 1. The zero-order valence-corrected chi connectivity index (χ0v) is 9.83. The van der Waals surface area contributed by atoms with Crippen LogP contribution in [-0.4, -0.2) is 35.5 Å². The molecule has 5 heteroatoms. The highest BCUT2D eigenvalue weighted by Gasteiger charge is 2.34. The molecule has 0 bridgehead atoms. The lowest BCUT2D eigenvalue weighted by Crippen LogP contribution is -2.42. The van der Waals surface area contributed by atoms with Crippen LogP contribution in [0.25, 0.3) is 0 Å². The van der Waals surface area contributed by atoms with Crippen molar-refractivity contribution in [2.24, 2.45) is 0 Å². The highest BCUT2D eigenvalue weighted by molar-refractivity contribution is 9.10. The van der Waals surface area contributed by atoms with Gasteiger partial charge in [-0.25, -0.2) is 4.98 Å². The van der Waals surface area contributed by atoms with E-state index in [0.717, 1.165) is 16.8 Å². The summed E-state index contributed by atoms with van der Waals surface area (Å²) in [4.78, 5) is 4.27. The molecule has 4 nitrogen and oxygen atoms in total. The van der Waals surface area contributed by atoms with Crippen molar-refractivity contribution in [1.29, 1.82) is 0 Å². The average Bonchev–Trinajstić information content (AvgIpc) is 2.67. The van der Waals surface area contributed by atoms with Crippen molar-refractivity contribution < 1.29 is 9.84 Å². The maximum absolute atomic E-state index is 9.37. The van der Waals surface area contributed by atoms with E-state index in [1.54, 1.807) is 0 Å². The first-order valence-electron chi connectivity index (χ1n) is 4.83. The molecule has 1 aromatic heterocycles. The Bertz CT molecular complexity index is 340. The summed E-state index contributed by atoms with van der Waals surface area (Å²) in [7, 11) is 0. The minimum Gasteiger partial charge on any atom is -0.394 e. The van der Waals surface area contributed by atoms with Crippen LogP contribution >= 0.6 is 15.9 Å². The standard InChI is InChI=1S/C10H13BrN2O2/c11-8-2-1-3-9(12-8)13-10(6-14)4-5-15-7-10/h1-3,14H,4-7H2,(H,12,13). The summed E-state index contributed by atoms with van der Waals surface area (Å²) in [6.45, 7) is 1.26. The Morgan fingerprint density at radius 1 is 1.60 bits per heavy atom. The van der Waals surface area contributed by atoms with E-state index in [1.165, 1.54) is 0 Å². The summed E-state index contributed by atoms with van der Waals surface area (Å²) >= 11 is 3.31. The van der Waals surface area contributed by atoms with Gasteiger partial charge in [0, 0.05) is 6.61 Å². The van der Waals surface area contributed by atoms with E-state index < -0.39 is 0 Å². The van der Waals surface area contributed by atoms with E-state index in [-0.39, 0.29) is 12.1 Å². The molecule has 1 fully saturated rings. The topological polar surface area (TPSA) is 54.4 Å². The number of rotatable bonds is 3. The third-order valence-corrected chi connectivity index (χ3v) is 2.96. The smallest absolute Gasteiger partial charge is 0.127 e. The van der Waals surface area contributed by atoms with E-state index in [1.807, 2.05) is 18.2 Å². The molecule has 0 amide bonds. The molecule has 0 saturated carbocycles. The van der Waals surface area contributed by atoms with Gasteiger partial charge in [0.2, 0.25) is 0 Å². The molecule has 1 aromatic rings. The molecule has 15 heavy (non-hydrogen) atoms. The molecule has 0 aromatic carbocycles. The molecule has 82 valence electrons. The zero-order chi connectivity index (χ0) is 10.7. The molecule has 1 atom stereocenters. The van der Waals surface area contributed by atoms with Crippen molar-refractivity contribution in [3.8, 4) is 0 Å². The second kappa shape index (κ2) is 4.47. The molecular formula is C10H13BrN2O2. The number of nitrogens with zero attached hydrogens (tertiary/aromatic N) is 1. The maximum atomic E-state index is 9.37. The van der Waals surface area contributed by atoms with Gasteiger partial charge in [0.1, 0.15) is 10.4 Å². The molecule has 2 rings (SSSR count). The Morgan fingerprint density at radius 3 is 3.07 bits per heavy atom. The normalized spacial score (nSPS) is 25.5. The number of aliphatic hydroxyl groups is 1. The van der Waals surface area contributed by atoms with Gasteiger partial charge in [-0.05, 0) is 34.5 Å². The lowest BCUT2D eigenvalue weighted by molar-refractivity contribution is 0.152. The molecule has 2 N–H and O–H groups in total. The zero-order valence-electron chi connectivity index (χ0n) is 8.24. The quantitative estimate of drug-likeness (QED) is 0.817. The maximum Gasteiger partial charge on any atom is 0.127 e. The number of anilines is 1. The Labute approximate surface area is 96.8 Å². The molecule has 0 spiro atoms. The van der Waals surface area contributed by atoms with Gasteiger partial charge in [-0.15, -0.1) is 0 Å². The third-order valence-electron chi connectivity index (χ3n) is 2.51. The first-order chi connectivity index (χ1) is 7.24. The van der Waals surface area contributed by atoms with Gasteiger partial charge in [-0.3, -0.25) is 0 Å². The van der Waals surface area contributed by atoms with Crippen LogP contribution in [0.5, 0.6) is 0 Å². The van der Waals surface area contributed by atoms with Crippen LogP contribution in [0.4, 0.5) is 5.82 Å². The SMILES string of the molecule is OCC1(Nc2cccc(Br)n2)CCOC1. The van der Waals surface area contributed by atoms with Gasteiger partial charge in [-0.1, -0.05) is 6.07 Å². The minimum absolute atomic E-state index is 0.0567. The molecular weight excluding hydrogens is 260 g/mol. The predicted octanol–water partition coefficient (Wildman–Crippen LogP) is 1.41. The van der Waals surface area contributed by atoms with Gasteiger partial charge < -0.3 is 15.2 Å². The van der Waals surface area contributed by atoms with Crippen LogP contribution in [0.3, 0.4) is 0 Å². The molecule has 1 saturated heterocycles. The van der Waals surface area contributed by atoms with Crippen molar-refractivity contribution in [3.63, 3.8) is 0 Å². The molecule has 1 unspecified atom stereocenters. The van der Waals surface area contributed by atoms with Gasteiger partial charge in [-0.2, -0.15) is 0 Å². The van der Waals surface area contributed by atoms with Crippen LogP contribution in [0, 0.1) is 0 Å². The number of nitrogens with one attached hydrogen (secondary N) is 1. The largest absolute Gasteiger partial charge is 0.394 e. The summed E-state index contributed by atoms with van der Waals surface area (Å²) in [6, 6.07) is 5.64. The van der Waals surface area contributed by atoms with Gasteiger partial charge in [0.05, 0.1) is 18.8 Å². The van der Waals surface area contributed by atoms with E-state index in [2.05, 4.69) is 26.2 Å². The summed E-state index contributed by atoms with van der Waals surface area (Å²) in [5.74, 6) is 0.754. The fourth-order valence-electron chi connectivity index (χ4n) is 1.62. The van der Waals surface area contributed by atoms with Crippen molar-refractivity contribution in [2.45, 2.75) is 12.0 Å².